The van der Waals surface area contributed by atoms with Crippen LogP contribution in [0.4, 0.5) is 0 Å². The van der Waals surface area contributed by atoms with Gasteiger partial charge in [0.2, 0.25) is 0 Å². The molecular weight excluding hydrogens is 266 g/mol. The van der Waals surface area contributed by atoms with Gasteiger partial charge in [-0.3, -0.25) is 0 Å². The minimum Gasteiger partial charge on any atom is -0.244 e. The number of nitrogens with zero attached hydrogens (tertiary/aromatic N) is 2. The van der Waals surface area contributed by atoms with E-state index in [9.17, 15) is 0 Å². The number of hydrogen-bond donors (Lipinski definition) is 0. The first-order chi connectivity index (χ1) is 7.72. The maximum absolute atomic E-state index is 6.10. The van der Waals surface area contributed by atoms with Crippen molar-refractivity contribution in [3.8, 4) is 11.3 Å². The third-order valence-electron chi connectivity index (χ3n) is 2.12. The van der Waals surface area contributed by atoms with Crippen LogP contribution in [-0.2, 0) is 5.88 Å². The fraction of sp³-hybridized carbons (Fsp3) is 0.0909. The molecule has 16 heavy (non-hydrogen) atoms. The van der Waals surface area contributed by atoms with Crippen LogP contribution in [0.5, 0.6) is 0 Å². The lowest BCUT2D eigenvalue weighted by Gasteiger charge is -2.07. The molecule has 1 heterocycles. The van der Waals surface area contributed by atoms with Crippen LogP contribution in [0.2, 0.25) is 10.0 Å². The lowest BCUT2D eigenvalue weighted by atomic mass is 10.1. The smallest absolute Gasteiger partial charge is 0.116 e. The molecule has 0 saturated heterocycles. The molecule has 0 aliphatic heterocycles. The standard InChI is InChI=1S/C11H7Cl3N2/c12-4-7-5-15-6-16-11(7)9-3-8(13)1-2-10(9)14/h1-3,5-6H,4H2. The largest absolute Gasteiger partial charge is 0.244 e. The van der Waals surface area contributed by atoms with Gasteiger partial charge >= 0.3 is 0 Å². The van der Waals surface area contributed by atoms with Crippen LogP contribution in [-0.4, -0.2) is 9.97 Å². The van der Waals surface area contributed by atoms with E-state index in [4.69, 9.17) is 34.8 Å². The fourth-order valence-electron chi connectivity index (χ4n) is 1.38. The second-order valence-electron chi connectivity index (χ2n) is 3.15. The van der Waals surface area contributed by atoms with Crippen molar-refractivity contribution < 1.29 is 0 Å². The van der Waals surface area contributed by atoms with E-state index < -0.39 is 0 Å². The Balaban J connectivity index is 2.62. The summed E-state index contributed by atoms with van der Waals surface area (Å²) in [7, 11) is 0. The van der Waals surface area contributed by atoms with E-state index in [0.29, 0.717) is 15.9 Å². The molecule has 0 unspecified atom stereocenters. The minimum absolute atomic E-state index is 0.332. The van der Waals surface area contributed by atoms with Crippen LogP contribution in [0, 0.1) is 0 Å². The Morgan fingerprint density at radius 1 is 1.19 bits per heavy atom. The van der Waals surface area contributed by atoms with Crippen LogP contribution in [0.15, 0.2) is 30.7 Å². The SMILES string of the molecule is ClCc1cncnc1-c1cc(Cl)ccc1Cl. The Kier molecular flexibility index (Phi) is 3.64. The van der Waals surface area contributed by atoms with Crippen molar-refractivity contribution in [1.29, 1.82) is 0 Å². The molecule has 0 radical (unpaired) electrons. The van der Waals surface area contributed by atoms with Gasteiger partial charge in [-0.05, 0) is 18.2 Å². The van der Waals surface area contributed by atoms with Gasteiger partial charge in [0.15, 0.2) is 0 Å². The van der Waals surface area contributed by atoms with Crippen molar-refractivity contribution in [2.24, 2.45) is 0 Å². The summed E-state index contributed by atoms with van der Waals surface area (Å²) in [6.45, 7) is 0. The second-order valence-corrected chi connectivity index (χ2v) is 4.27. The van der Waals surface area contributed by atoms with Crippen LogP contribution in [0.3, 0.4) is 0 Å². The molecule has 2 rings (SSSR count). The number of benzene rings is 1. The molecule has 5 heteroatoms. The maximum Gasteiger partial charge on any atom is 0.116 e. The van der Waals surface area contributed by atoms with Crippen LogP contribution in [0.25, 0.3) is 11.3 Å². The van der Waals surface area contributed by atoms with Gasteiger partial charge in [0.05, 0.1) is 16.6 Å². The van der Waals surface area contributed by atoms with Gasteiger partial charge < -0.3 is 0 Å². The molecule has 0 atom stereocenters. The van der Waals surface area contributed by atoms with Crippen molar-refractivity contribution in [2.75, 3.05) is 0 Å². The van der Waals surface area contributed by atoms with Crippen LogP contribution in [0.1, 0.15) is 5.56 Å². The molecule has 0 amide bonds. The first-order valence-corrected chi connectivity index (χ1v) is 5.81. The van der Waals surface area contributed by atoms with Gasteiger partial charge in [0.1, 0.15) is 6.33 Å². The average molecular weight is 274 g/mol. The van der Waals surface area contributed by atoms with E-state index >= 15 is 0 Å². The van der Waals surface area contributed by atoms with Gasteiger partial charge in [0.25, 0.3) is 0 Å². The summed E-state index contributed by atoms with van der Waals surface area (Å²) < 4.78 is 0. The van der Waals surface area contributed by atoms with Gasteiger partial charge in [-0.25, -0.2) is 9.97 Å². The van der Waals surface area contributed by atoms with Crippen molar-refractivity contribution in [1.82, 2.24) is 9.97 Å². The van der Waals surface area contributed by atoms with Gasteiger partial charge in [0, 0.05) is 22.3 Å². The van der Waals surface area contributed by atoms with Crippen molar-refractivity contribution in [3.05, 3.63) is 46.3 Å². The highest BCUT2D eigenvalue weighted by molar-refractivity contribution is 6.35. The summed E-state index contributed by atoms with van der Waals surface area (Å²) in [6.07, 6.45) is 3.13. The second kappa shape index (κ2) is 5.00. The Morgan fingerprint density at radius 2 is 2.00 bits per heavy atom. The monoisotopic (exact) mass is 272 g/mol. The molecule has 2 nitrogen and oxygen atoms in total. The summed E-state index contributed by atoms with van der Waals surface area (Å²) in [4.78, 5) is 8.11. The Bertz CT molecular complexity index is 514. The first-order valence-electron chi connectivity index (χ1n) is 4.52. The molecule has 0 fully saturated rings. The fourth-order valence-corrected chi connectivity index (χ4v) is 1.95. The van der Waals surface area contributed by atoms with Gasteiger partial charge in [-0.15, -0.1) is 11.6 Å². The highest BCUT2D eigenvalue weighted by Crippen LogP contribution is 2.31. The minimum atomic E-state index is 0.332. The van der Waals surface area contributed by atoms with Crippen molar-refractivity contribution in [2.45, 2.75) is 5.88 Å². The van der Waals surface area contributed by atoms with E-state index in [1.807, 2.05) is 0 Å². The zero-order valence-electron chi connectivity index (χ0n) is 8.12. The molecule has 0 aliphatic rings. The summed E-state index contributed by atoms with van der Waals surface area (Å²) in [5.41, 5.74) is 2.32. The third-order valence-corrected chi connectivity index (χ3v) is 2.97. The average Bonchev–Trinajstić information content (AvgIpc) is 2.32. The zero-order valence-corrected chi connectivity index (χ0v) is 10.4. The number of halogens is 3. The molecule has 0 spiro atoms. The lowest BCUT2D eigenvalue weighted by molar-refractivity contribution is 1.12. The van der Waals surface area contributed by atoms with Crippen LogP contribution < -0.4 is 0 Å². The number of rotatable bonds is 2. The maximum atomic E-state index is 6.10. The molecular formula is C11H7Cl3N2. The molecule has 0 saturated carbocycles. The van der Waals surface area contributed by atoms with E-state index in [0.717, 1.165) is 16.8 Å². The Labute approximate surface area is 108 Å². The van der Waals surface area contributed by atoms with Crippen LogP contribution >= 0.6 is 34.8 Å². The van der Waals surface area contributed by atoms with Crippen molar-refractivity contribution >= 4 is 34.8 Å². The summed E-state index contributed by atoms with van der Waals surface area (Å²) in [6, 6.07) is 5.23. The summed E-state index contributed by atoms with van der Waals surface area (Å²) in [5.74, 6) is 0.332. The predicted octanol–water partition coefficient (Wildman–Crippen LogP) is 4.19. The lowest BCUT2D eigenvalue weighted by Crippen LogP contribution is -1.92. The van der Waals surface area contributed by atoms with Gasteiger partial charge in [-0.1, -0.05) is 23.2 Å². The quantitative estimate of drug-likeness (QED) is 0.767. The third kappa shape index (κ3) is 2.29. The molecule has 1 aromatic carbocycles. The van der Waals surface area contributed by atoms with E-state index in [-0.39, 0.29) is 0 Å². The predicted molar refractivity (Wildman–Crippen MR) is 67.0 cm³/mol. The summed E-state index contributed by atoms with van der Waals surface area (Å²) >= 11 is 17.8. The van der Waals surface area contributed by atoms with E-state index in [1.54, 1.807) is 24.4 Å². The first kappa shape index (κ1) is 11.6. The highest BCUT2D eigenvalue weighted by atomic mass is 35.5. The zero-order chi connectivity index (χ0) is 11.5. The highest BCUT2D eigenvalue weighted by Gasteiger charge is 2.10. The number of hydrogen-bond acceptors (Lipinski definition) is 2. The molecule has 82 valence electrons. The number of alkyl halides is 1. The molecule has 0 N–H and O–H groups in total. The molecule has 2 aromatic rings. The molecule has 0 bridgehead atoms. The molecule has 0 aliphatic carbocycles. The normalized spacial score (nSPS) is 10.4. The molecule has 1 aromatic heterocycles. The van der Waals surface area contributed by atoms with Crippen molar-refractivity contribution in [3.63, 3.8) is 0 Å². The van der Waals surface area contributed by atoms with Gasteiger partial charge in [-0.2, -0.15) is 0 Å². The number of aromatic nitrogens is 2. The topological polar surface area (TPSA) is 25.8 Å². The van der Waals surface area contributed by atoms with E-state index in [1.165, 1.54) is 6.33 Å². The Hall–Kier alpha value is -0.830. The Morgan fingerprint density at radius 3 is 2.75 bits per heavy atom. The summed E-state index contributed by atoms with van der Waals surface area (Å²) in [5, 5.41) is 1.20. The van der Waals surface area contributed by atoms with E-state index in [2.05, 4.69) is 9.97 Å².